The van der Waals surface area contributed by atoms with E-state index in [0.29, 0.717) is 5.75 Å². The maximum atomic E-state index is 12.0. The smallest absolute Gasteiger partial charge is 0.202 e. The summed E-state index contributed by atoms with van der Waals surface area (Å²) in [5, 5.41) is 0.211. The third kappa shape index (κ3) is 2.94. The number of carbonyl (C=O) groups is 1. The first-order valence-electron chi connectivity index (χ1n) is 5.21. The molecule has 0 unspecified atom stereocenters. The molecule has 1 aromatic heterocycles. The normalized spacial score (nSPS) is 10.4. The van der Waals surface area contributed by atoms with Crippen LogP contribution < -0.4 is 4.74 Å². The lowest BCUT2D eigenvalue weighted by Crippen LogP contribution is -2.03. The minimum Gasteiger partial charge on any atom is -0.497 e. The van der Waals surface area contributed by atoms with Crippen LogP contribution in [0, 0.1) is 0 Å². The summed E-state index contributed by atoms with van der Waals surface area (Å²) in [4.78, 5) is 12.0. The highest BCUT2D eigenvalue weighted by atomic mass is 79.9. The average molecular weight is 330 g/mol. The molecule has 0 spiro atoms. The number of methoxy groups -OCH3 is 1. The van der Waals surface area contributed by atoms with Gasteiger partial charge < -0.3 is 9.15 Å². The van der Waals surface area contributed by atoms with Crippen LogP contribution in [0.25, 0.3) is 0 Å². The lowest BCUT2D eigenvalue weighted by molar-refractivity contribution is 0.0966. The third-order valence-corrected chi connectivity index (χ3v) is 3.43. The van der Waals surface area contributed by atoms with E-state index in [1.807, 2.05) is 18.2 Å². The molecule has 94 valence electrons. The van der Waals surface area contributed by atoms with Gasteiger partial charge in [-0.25, -0.2) is 0 Å². The van der Waals surface area contributed by atoms with E-state index >= 15 is 0 Å². The van der Waals surface area contributed by atoms with Crippen molar-refractivity contribution < 1.29 is 13.9 Å². The summed E-state index contributed by atoms with van der Waals surface area (Å²) in [7, 11) is 1.58. The second-order valence-corrected chi connectivity index (χ2v) is 4.89. The van der Waals surface area contributed by atoms with Crippen LogP contribution >= 0.6 is 27.5 Å². The molecule has 0 amide bonds. The number of hydrogen-bond donors (Lipinski definition) is 0. The maximum Gasteiger partial charge on any atom is 0.202 e. The summed E-state index contributed by atoms with van der Waals surface area (Å²) in [5.74, 6) is 0.837. The van der Waals surface area contributed by atoms with Crippen molar-refractivity contribution in [3.05, 3.63) is 51.3 Å². The lowest BCUT2D eigenvalue weighted by atomic mass is 10.1. The molecule has 0 bridgehead atoms. The van der Waals surface area contributed by atoms with Crippen LogP contribution in [0.15, 0.2) is 39.2 Å². The first kappa shape index (κ1) is 13.2. The Morgan fingerprint density at radius 1 is 1.39 bits per heavy atom. The van der Waals surface area contributed by atoms with E-state index in [1.165, 1.54) is 0 Å². The van der Waals surface area contributed by atoms with Crippen LogP contribution in [0.4, 0.5) is 0 Å². The SMILES string of the molecule is COc1ccc(Br)c(CC(=O)c2ccc(Cl)o2)c1. The Labute approximate surface area is 118 Å². The summed E-state index contributed by atoms with van der Waals surface area (Å²) >= 11 is 9.04. The van der Waals surface area contributed by atoms with Gasteiger partial charge in [0.05, 0.1) is 7.11 Å². The zero-order valence-corrected chi connectivity index (χ0v) is 11.9. The van der Waals surface area contributed by atoms with E-state index in [0.717, 1.165) is 10.0 Å². The molecule has 0 N–H and O–H groups in total. The molecule has 2 aromatic rings. The lowest BCUT2D eigenvalue weighted by Gasteiger charge is -2.05. The van der Waals surface area contributed by atoms with Crippen molar-refractivity contribution >= 4 is 33.3 Å². The fourth-order valence-corrected chi connectivity index (χ4v) is 2.07. The molecule has 0 radical (unpaired) electrons. The third-order valence-electron chi connectivity index (χ3n) is 2.45. The summed E-state index contributed by atoms with van der Waals surface area (Å²) in [6, 6.07) is 8.60. The van der Waals surface area contributed by atoms with Crippen LogP contribution in [0.1, 0.15) is 16.1 Å². The van der Waals surface area contributed by atoms with Crippen molar-refractivity contribution in [3.8, 4) is 5.75 Å². The van der Waals surface area contributed by atoms with Crippen LogP contribution in [0.2, 0.25) is 5.22 Å². The Balaban J connectivity index is 2.21. The molecule has 3 nitrogen and oxygen atoms in total. The highest BCUT2D eigenvalue weighted by Gasteiger charge is 2.13. The van der Waals surface area contributed by atoms with Gasteiger partial charge in [-0.15, -0.1) is 0 Å². The van der Waals surface area contributed by atoms with Crippen LogP contribution in [0.3, 0.4) is 0 Å². The molecule has 5 heteroatoms. The van der Waals surface area contributed by atoms with E-state index in [9.17, 15) is 4.79 Å². The van der Waals surface area contributed by atoms with Crippen molar-refractivity contribution in [2.75, 3.05) is 7.11 Å². The quantitative estimate of drug-likeness (QED) is 0.792. The predicted molar refractivity (Wildman–Crippen MR) is 72.4 cm³/mol. The van der Waals surface area contributed by atoms with E-state index < -0.39 is 0 Å². The van der Waals surface area contributed by atoms with Crippen molar-refractivity contribution in [1.29, 1.82) is 0 Å². The Bertz CT molecular complexity index is 577. The molecule has 0 saturated carbocycles. The molecule has 0 saturated heterocycles. The number of ketones is 1. The Morgan fingerprint density at radius 3 is 2.78 bits per heavy atom. The topological polar surface area (TPSA) is 39.4 Å². The van der Waals surface area contributed by atoms with Crippen molar-refractivity contribution in [2.24, 2.45) is 0 Å². The van der Waals surface area contributed by atoms with Gasteiger partial charge >= 0.3 is 0 Å². The van der Waals surface area contributed by atoms with Gasteiger partial charge in [0.2, 0.25) is 5.78 Å². The Kier molecular flexibility index (Phi) is 4.09. The number of benzene rings is 1. The number of rotatable bonds is 4. The summed E-state index contributed by atoms with van der Waals surface area (Å²) in [5.41, 5.74) is 0.840. The minimum absolute atomic E-state index is 0.129. The van der Waals surface area contributed by atoms with Gasteiger partial charge in [-0.05, 0) is 47.5 Å². The molecular weight excluding hydrogens is 319 g/mol. The van der Waals surface area contributed by atoms with Gasteiger partial charge in [-0.1, -0.05) is 15.9 Å². The summed E-state index contributed by atoms with van der Waals surface area (Å²) in [6.45, 7) is 0. The van der Waals surface area contributed by atoms with Gasteiger partial charge in [0, 0.05) is 10.9 Å². The number of hydrogen-bond acceptors (Lipinski definition) is 3. The fourth-order valence-electron chi connectivity index (χ4n) is 1.54. The largest absolute Gasteiger partial charge is 0.497 e. The fraction of sp³-hybridized carbons (Fsp3) is 0.154. The molecule has 0 aliphatic rings. The molecule has 18 heavy (non-hydrogen) atoms. The van der Waals surface area contributed by atoms with Crippen LogP contribution in [-0.2, 0) is 6.42 Å². The first-order chi connectivity index (χ1) is 8.60. The Morgan fingerprint density at radius 2 is 2.17 bits per heavy atom. The standard InChI is InChI=1S/C13H10BrClO3/c1-17-9-2-3-10(14)8(6-9)7-11(16)12-4-5-13(15)18-12/h2-6H,7H2,1H3. The molecule has 1 heterocycles. The number of ether oxygens (including phenoxy) is 1. The van der Waals surface area contributed by atoms with Gasteiger partial charge in [-0.2, -0.15) is 0 Å². The van der Waals surface area contributed by atoms with Crippen molar-refractivity contribution in [3.63, 3.8) is 0 Å². The van der Waals surface area contributed by atoms with Gasteiger partial charge in [0.1, 0.15) is 5.75 Å². The van der Waals surface area contributed by atoms with E-state index in [4.69, 9.17) is 20.8 Å². The molecule has 0 aliphatic heterocycles. The van der Waals surface area contributed by atoms with Crippen molar-refractivity contribution in [1.82, 2.24) is 0 Å². The second-order valence-electron chi connectivity index (χ2n) is 3.66. The van der Waals surface area contributed by atoms with Crippen LogP contribution in [0.5, 0.6) is 5.75 Å². The zero-order chi connectivity index (χ0) is 13.1. The van der Waals surface area contributed by atoms with E-state index in [-0.39, 0.29) is 23.2 Å². The molecule has 0 fully saturated rings. The molecule has 2 rings (SSSR count). The Hall–Kier alpha value is -1.26. The second kappa shape index (κ2) is 5.59. The monoisotopic (exact) mass is 328 g/mol. The molecule has 0 aliphatic carbocycles. The molecular formula is C13H10BrClO3. The number of halogens is 2. The van der Waals surface area contributed by atoms with Gasteiger partial charge in [0.25, 0.3) is 0 Å². The van der Waals surface area contributed by atoms with E-state index in [2.05, 4.69) is 15.9 Å². The van der Waals surface area contributed by atoms with E-state index in [1.54, 1.807) is 19.2 Å². The summed E-state index contributed by atoms with van der Waals surface area (Å²) < 4.78 is 11.1. The van der Waals surface area contributed by atoms with Crippen molar-refractivity contribution in [2.45, 2.75) is 6.42 Å². The predicted octanol–water partition coefficient (Wildman–Crippen LogP) is 4.13. The average Bonchev–Trinajstić information content (AvgIpc) is 2.79. The van der Waals surface area contributed by atoms with Crippen LogP contribution in [-0.4, -0.2) is 12.9 Å². The van der Waals surface area contributed by atoms with Gasteiger partial charge in [0.15, 0.2) is 11.0 Å². The number of furan rings is 1. The highest BCUT2D eigenvalue weighted by Crippen LogP contribution is 2.24. The number of Topliss-reactive ketones (excluding diaryl/α,β-unsaturated/α-hetero) is 1. The maximum absolute atomic E-state index is 12.0. The summed E-state index contributed by atoms with van der Waals surface area (Å²) in [6.07, 6.45) is 0.224. The minimum atomic E-state index is -0.129. The molecule has 0 atom stereocenters. The first-order valence-corrected chi connectivity index (χ1v) is 6.38. The highest BCUT2D eigenvalue weighted by molar-refractivity contribution is 9.10. The molecule has 1 aromatic carbocycles. The number of carbonyl (C=O) groups excluding carboxylic acids is 1. The van der Waals surface area contributed by atoms with Gasteiger partial charge in [-0.3, -0.25) is 4.79 Å². The zero-order valence-electron chi connectivity index (χ0n) is 9.57.